The van der Waals surface area contributed by atoms with Crippen molar-refractivity contribution in [3.63, 3.8) is 0 Å². The van der Waals surface area contributed by atoms with Gasteiger partial charge in [0.15, 0.2) is 6.29 Å². The minimum Gasteiger partial charge on any atom is -0.462 e. The van der Waals surface area contributed by atoms with E-state index in [0.29, 0.717) is 19.3 Å². The van der Waals surface area contributed by atoms with Crippen molar-refractivity contribution in [2.75, 3.05) is 14.1 Å². The number of likely N-dealkylation sites (N-methyl/N-ethyl adjacent to an activating group) is 1. The topological polar surface area (TPSA) is 138 Å². The van der Waals surface area contributed by atoms with Gasteiger partial charge in [0.25, 0.3) is 0 Å². The molecule has 10 heteroatoms. The quantitative estimate of drug-likeness (QED) is 0.185. The maximum Gasteiger partial charge on any atom is 0.308 e. The van der Waals surface area contributed by atoms with E-state index in [1.807, 2.05) is 59.7 Å². The average molecular weight is 584 g/mol. The molecule has 3 N–H and O–H groups in total. The summed E-state index contributed by atoms with van der Waals surface area (Å²) in [6, 6.07) is -0.205. The summed E-state index contributed by atoms with van der Waals surface area (Å²) in [5.41, 5.74) is -0.576. The molecule has 0 unspecified atom stereocenters. The minimum absolute atomic E-state index is 0.0831. The highest BCUT2D eigenvalue weighted by Crippen LogP contribution is 2.45. The van der Waals surface area contributed by atoms with Crippen LogP contribution in [0.2, 0.25) is 0 Å². The Labute approximate surface area is 245 Å². The molecule has 3 rings (SSSR count). The van der Waals surface area contributed by atoms with Gasteiger partial charge in [-0.3, -0.25) is 4.79 Å². The van der Waals surface area contributed by atoms with Gasteiger partial charge in [0.1, 0.15) is 24.1 Å². The normalized spacial score (nSPS) is 47.3. The lowest BCUT2D eigenvalue weighted by atomic mass is 9.79. The summed E-state index contributed by atoms with van der Waals surface area (Å²) in [6.45, 7) is 11.5. The van der Waals surface area contributed by atoms with Crippen molar-refractivity contribution in [3.05, 3.63) is 12.2 Å². The van der Waals surface area contributed by atoms with Crippen molar-refractivity contribution in [2.24, 2.45) is 23.7 Å². The van der Waals surface area contributed by atoms with Crippen LogP contribution >= 0.6 is 0 Å². The third-order valence-electron chi connectivity index (χ3n) is 9.45. The predicted octanol–water partition coefficient (Wildman–Crippen LogP) is 2.46. The number of aldehydes is 1. The first kappa shape index (κ1) is 34.1. The van der Waals surface area contributed by atoms with Gasteiger partial charge in [-0.1, -0.05) is 39.8 Å². The summed E-state index contributed by atoms with van der Waals surface area (Å²) >= 11 is 0. The monoisotopic (exact) mass is 583 g/mol. The average Bonchev–Trinajstić information content (AvgIpc) is 3.60. The van der Waals surface area contributed by atoms with E-state index in [4.69, 9.17) is 18.9 Å². The summed E-state index contributed by atoms with van der Waals surface area (Å²) in [5.74, 6) is -1.89. The third kappa shape index (κ3) is 8.37. The Bertz CT molecular complexity index is 899. The molecule has 0 amide bonds. The van der Waals surface area contributed by atoms with Crippen LogP contribution < -0.4 is 0 Å². The van der Waals surface area contributed by atoms with E-state index in [0.717, 1.165) is 6.29 Å². The molecule has 2 saturated heterocycles. The second-order valence-corrected chi connectivity index (χ2v) is 13.0. The zero-order valence-corrected chi connectivity index (χ0v) is 26.0. The van der Waals surface area contributed by atoms with Gasteiger partial charge >= 0.3 is 5.97 Å². The third-order valence-corrected chi connectivity index (χ3v) is 9.45. The summed E-state index contributed by atoms with van der Waals surface area (Å²) in [4.78, 5) is 26.8. The van der Waals surface area contributed by atoms with Gasteiger partial charge < -0.3 is 44.0 Å². The molecule has 2 fully saturated rings. The fraction of sp³-hybridized carbons (Fsp3) is 0.871. The largest absolute Gasteiger partial charge is 0.462 e. The number of carbonyl (C=O) groups is 2. The molecule has 0 aromatic carbocycles. The van der Waals surface area contributed by atoms with E-state index < -0.39 is 60.2 Å². The molecular formula is C31H53NO9. The highest BCUT2D eigenvalue weighted by atomic mass is 16.7. The number of aliphatic hydroxyl groups is 3. The molecule has 236 valence electrons. The lowest BCUT2D eigenvalue weighted by molar-refractivity contribution is -0.283. The van der Waals surface area contributed by atoms with Crippen LogP contribution in [0.5, 0.6) is 0 Å². The van der Waals surface area contributed by atoms with Crippen LogP contribution in [0, 0.1) is 23.7 Å². The standard InChI is InChI=1S/C31H53NO9/c1-9-25-20(5)29-31(6,41-29)12-10-23(34)17(2)14-21(11-13-33)28(19(4)24(35)16-26(36)39-25)40-30-27(37)22(32(7)8)15-18(3)38-30/h10,12-13,17-25,27-30,34-35,37H,9,11,14-16H2,1-8H3/b12-10+/t17-,18-,19-,20+,21+,22-,23+,24-,25-,27-,28-,29+,30+,31-/m1/s1. The Morgan fingerprint density at radius 3 is 2.41 bits per heavy atom. The second-order valence-electron chi connectivity index (χ2n) is 13.0. The number of rotatable bonds is 6. The molecule has 0 bridgehead atoms. The Morgan fingerprint density at radius 1 is 1.12 bits per heavy atom. The predicted molar refractivity (Wildman–Crippen MR) is 153 cm³/mol. The summed E-state index contributed by atoms with van der Waals surface area (Å²) in [5, 5.41) is 33.5. The molecule has 0 aromatic rings. The van der Waals surface area contributed by atoms with Crippen LogP contribution in [0.15, 0.2) is 12.2 Å². The summed E-state index contributed by atoms with van der Waals surface area (Å²) in [6.07, 6.45) is 0.518. The van der Waals surface area contributed by atoms with Gasteiger partial charge in [-0.2, -0.15) is 0 Å². The van der Waals surface area contributed by atoms with E-state index in [1.54, 1.807) is 13.0 Å². The Morgan fingerprint density at radius 2 is 1.80 bits per heavy atom. The molecule has 41 heavy (non-hydrogen) atoms. The van der Waals surface area contributed by atoms with Gasteiger partial charge in [0.05, 0.1) is 36.9 Å². The number of fused-ring (bicyclic) bond motifs is 1. The zero-order valence-electron chi connectivity index (χ0n) is 26.0. The van der Waals surface area contributed by atoms with E-state index in [1.165, 1.54) is 0 Å². The Kier molecular flexibility index (Phi) is 12.0. The lowest BCUT2D eigenvalue weighted by Gasteiger charge is -2.44. The van der Waals surface area contributed by atoms with Crippen LogP contribution in [0.4, 0.5) is 0 Å². The number of ether oxygens (including phenoxy) is 4. The van der Waals surface area contributed by atoms with Gasteiger partial charge in [0, 0.05) is 24.3 Å². The SMILES string of the molecule is CC[C@H]1OC(=O)C[C@@H](O)[C@@H](C)[C@@H](O[C@@H]2O[C@H](C)C[C@@H](N(C)C)[C@H]2O)[C@@H](CC=O)C[C@@H](C)[C@@H](O)/C=C/[C@@]2(C)O[C@H]2[C@H]1C. The van der Waals surface area contributed by atoms with Crippen molar-refractivity contribution in [1.29, 1.82) is 0 Å². The fourth-order valence-electron chi connectivity index (χ4n) is 6.61. The molecule has 0 saturated carbocycles. The van der Waals surface area contributed by atoms with Gasteiger partial charge in [-0.15, -0.1) is 0 Å². The van der Waals surface area contributed by atoms with E-state index in [9.17, 15) is 24.9 Å². The van der Waals surface area contributed by atoms with Crippen molar-refractivity contribution < 1.29 is 43.9 Å². The number of nitrogens with zero attached hydrogens (tertiary/aromatic N) is 1. The summed E-state index contributed by atoms with van der Waals surface area (Å²) < 4.78 is 24.3. The maximum absolute atomic E-state index is 13.0. The number of esters is 1. The first-order valence-electron chi connectivity index (χ1n) is 15.2. The lowest BCUT2D eigenvalue weighted by Crippen LogP contribution is -2.56. The molecule has 10 nitrogen and oxygen atoms in total. The Hall–Kier alpha value is -1.40. The molecule has 3 aliphatic heterocycles. The molecule has 0 radical (unpaired) electrons. The fourth-order valence-corrected chi connectivity index (χ4v) is 6.61. The number of hydrogen-bond acceptors (Lipinski definition) is 10. The molecule has 0 spiro atoms. The second kappa shape index (κ2) is 14.4. The van der Waals surface area contributed by atoms with Crippen molar-refractivity contribution in [2.45, 2.75) is 134 Å². The van der Waals surface area contributed by atoms with Crippen LogP contribution in [0.1, 0.15) is 73.6 Å². The molecule has 3 heterocycles. The van der Waals surface area contributed by atoms with Gasteiger partial charge in [-0.05, 0) is 59.0 Å². The molecule has 0 aliphatic carbocycles. The van der Waals surface area contributed by atoms with Crippen LogP contribution in [-0.2, 0) is 28.5 Å². The number of cyclic esters (lactones) is 1. The summed E-state index contributed by atoms with van der Waals surface area (Å²) in [7, 11) is 3.78. The Balaban J connectivity index is 1.95. The number of epoxide rings is 1. The highest BCUT2D eigenvalue weighted by molar-refractivity contribution is 5.70. The van der Waals surface area contributed by atoms with E-state index >= 15 is 0 Å². The van der Waals surface area contributed by atoms with Crippen LogP contribution in [0.25, 0.3) is 0 Å². The van der Waals surface area contributed by atoms with E-state index in [2.05, 4.69) is 0 Å². The molecular weight excluding hydrogens is 530 g/mol. The molecule has 14 atom stereocenters. The van der Waals surface area contributed by atoms with Gasteiger partial charge in [0.2, 0.25) is 0 Å². The number of hydrogen-bond donors (Lipinski definition) is 3. The zero-order chi connectivity index (χ0) is 30.6. The van der Waals surface area contributed by atoms with Crippen molar-refractivity contribution >= 4 is 12.3 Å². The minimum atomic E-state index is -1.13. The number of carbonyl (C=O) groups excluding carboxylic acids is 2. The smallest absolute Gasteiger partial charge is 0.308 e. The maximum atomic E-state index is 13.0. The first-order chi connectivity index (χ1) is 19.2. The molecule has 3 aliphatic rings. The highest BCUT2D eigenvalue weighted by Gasteiger charge is 2.55. The van der Waals surface area contributed by atoms with Crippen molar-refractivity contribution in [1.82, 2.24) is 4.90 Å². The van der Waals surface area contributed by atoms with Crippen LogP contribution in [0.3, 0.4) is 0 Å². The van der Waals surface area contributed by atoms with Gasteiger partial charge in [-0.25, -0.2) is 0 Å². The number of aliphatic hydroxyl groups excluding tert-OH is 3. The van der Waals surface area contributed by atoms with E-state index in [-0.39, 0.29) is 42.9 Å². The molecule has 0 aromatic heterocycles. The van der Waals surface area contributed by atoms with Crippen molar-refractivity contribution in [3.8, 4) is 0 Å². The van der Waals surface area contributed by atoms with Crippen LogP contribution in [-0.4, -0.2) is 107 Å². The first-order valence-corrected chi connectivity index (χ1v) is 15.2.